The number of allylic oxidation sites excluding steroid dienone is 5. The van der Waals surface area contributed by atoms with E-state index < -0.39 is 0 Å². The predicted octanol–water partition coefficient (Wildman–Crippen LogP) is 7.69. The Labute approximate surface area is 144 Å². The first kappa shape index (κ1) is 19.5. The summed E-state index contributed by atoms with van der Waals surface area (Å²) in [5, 5.41) is 0. The van der Waals surface area contributed by atoms with Gasteiger partial charge in [-0.1, -0.05) is 114 Å². The highest BCUT2D eigenvalue weighted by Gasteiger charge is 1.96. The van der Waals surface area contributed by atoms with Crippen molar-refractivity contribution < 1.29 is 0 Å². The lowest BCUT2D eigenvalue weighted by Crippen LogP contribution is -1.85. The Morgan fingerprint density at radius 3 is 2.13 bits per heavy atom. The smallest absolute Gasteiger partial charge is 0.0219 e. The lowest BCUT2D eigenvalue weighted by atomic mass is 10.0. The zero-order chi connectivity index (χ0) is 16.8. The Morgan fingerprint density at radius 2 is 1.43 bits per heavy atom. The van der Waals surface area contributed by atoms with Crippen molar-refractivity contribution in [2.75, 3.05) is 0 Å². The molecule has 0 atom stereocenters. The molecule has 1 rings (SSSR count). The Morgan fingerprint density at radius 1 is 0.783 bits per heavy atom. The van der Waals surface area contributed by atoms with Crippen LogP contribution in [0.3, 0.4) is 0 Å². The molecule has 0 aliphatic rings. The Kier molecular flexibility index (Phi) is 11.0. The van der Waals surface area contributed by atoms with Crippen LogP contribution in [0, 0.1) is 0 Å². The van der Waals surface area contributed by atoms with E-state index in [1.807, 2.05) is 0 Å². The molecule has 0 unspecified atom stereocenters. The summed E-state index contributed by atoms with van der Waals surface area (Å²) < 4.78 is 0. The molecule has 0 bridgehead atoms. The predicted molar refractivity (Wildman–Crippen MR) is 106 cm³/mol. The minimum atomic E-state index is 0.602. The summed E-state index contributed by atoms with van der Waals surface area (Å²) in [5.41, 5.74) is 2.66. The van der Waals surface area contributed by atoms with Crippen LogP contribution in [0.2, 0.25) is 0 Å². The zero-order valence-electron chi connectivity index (χ0n) is 15.3. The van der Waals surface area contributed by atoms with E-state index in [1.165, 1.54) is 56.1 Å². The van der Waals surface area contributed by atoms with Gasteiger partial charge in [-0.05, 0) is 29.9 Å². The summed E-state index contributed by atoms with van der Waals surface area (Å²) in [4.78, 5) is 0. The van der Waals surface area contributed by atoms with E-state index in [1.54, 1.807) is 0 Å². The SMILES string of the molecule is CCCCCCCC/C=C/C=C/C=C/c1ccc(C(C)C)cc1. The highest BCUT2D eigenvalue weighted by molar-refractivity contribution is 5.51. The summed E-state index contributed by atoms with van der Waals surface area (Å²) in [6, 6.07) is 8.81. The monoisotopic (exact) mass is 310 g/mol. The van der Waals surface area contributed by atoms with Gasteiger partial charge in [0, 0.05) is 0 Å². The van der Waals surface area contributed by atoms with Gasteiger partial charge in [0.2, 0.25) is 0 Å². The van der Waals surface area contributed by atoms with Crippen LogP contribution in [0.4, 0.5) is 0 Å². The van der Waals surface area contributed by atoms with Gasteiger partial charge in [0.25, 0.3) is 0 Å². The highest BCUT2D eigenvalue weighted by atomic mass is 14.0. The van der Waals surface area contributed by atoms with Crippen molar-refractivity contribution in [2.24, 2.45) is 0 Å². The van der Waals surface area contributed by atoms with Crippen LogP contribution in [0.1, 0.15) is 82.8 Å². The Balaban J connectivity index is 2.16. The van der Waals surface area contributed by atoms with E-state index in [2.05, 4.69) is 81.5 Å². The van der Waals surface area contributed by atoms with Crippen LogP contribution >= 0.6 is 0 Å². The molecule has 0 nitrogen and oxygen atoms in total. The number of unbranched alkanes of at least 4 members (excludes halogenated alkanes) is 6. The molecule has 0 radical (unpaired) electrons. The molecule has 0 aliphatic heterocycles. The minimum absolute atomic E-state index is 0.602. The lowest BCUT2D eigenvalue weighted by Gasteiger charge is -2.04. The molecule has 0 heterocycles. The van der Waals surface area contributed by atoms with Crippen molar-refractivity contribution in [1.82, 2.24) is 0 Å². The fourth-order valence-electron chi connectivity index (χ4n) is 2.50. The van der Waals surface area contributed by atoms with Gasteiger partial charge >= 0.3 is 0 Å². The molecular weight excluding hydrogens is 276 g/mol. The van der Waals surface area contributed by atoms with Gasteiger partial charge < -0.3 is 0 Å². The number of rotatable bonds is 11. The first-order valence-corrected chi connectivity index (χ1v) is 9.34. The largest absolute Gasteiger partial charge is 0.0845 e. The van der Waals surface area contributed by atoms with Gasteiger partial charge in [-0.2, -0.15) is 0 Å². The van der Waals surface area contributed by atoms with Crippen LogP contribution in [-0.2, 0) is 0 Å². The van der Waals surface area contributed by atoms with E-state index >= 15 is 0 Å². The van der Waals surface area contributed by atoms with Gasteiger partial charge in [-0.25, -0.2) is 0 Å². The topological polar surface area (TPSA) is 0 Å². The fraction of sp³-hybridized carbons (Fsp3) is 0.478. The van der Waals surface area contributed by atoms with Crippen LogP contribution in [0.15, 0.2) is 54.6 Å². The van der Waals surface area contributed by atoms with Gasteiger partial charge in [0.1, 0.15) is 0 Å². The highest BCUT2D eigenvalue weighted by Crippen LogP contribution is 2.15. The van der Waals surface area contributed by atoms with Crippen molar-refractivity contribution in [3.05, 3.63) is 65.8 Å². The van der Waals surface area contributed by atoms with Gasteiger partial charge in [-0.15, -0.1) is 0 Å². The van der Waals surface area contributed by atoms with E-state index in [9.17, 15) is 0 Å². The van der Waals surface area contributed by atoms with Crippen molar-refractivity contribution in [1.29, 1.82) is 0 Å². The zero-order valence-corrected chi connectivity index (χ0v) is 15.3. The van der Waals surface area contributed by atoms with E-state index in [4.69, 9.17) is 0 Å². The Bertz CT molecular complexity index is 471. The van der Waals surface area contributed by atoms with Gasteiger partial charge in [-0.3, -0.25) is 0 Å². The molecule has 0 fully saturated rings. The lowest BCUT2D eigenvalue weighted by molar-refractivity contribution is 0.611. The summed E-state index contributed by atoms with van der Waals surface area (Å²) in [6.45, 7) is 6.72. The molecule has 0 spiro atoms. The summed E-state index contributed by atoms with van der Waals surface area (Å²) in [5.74, 6) is 0.602. The third kappa shape index (κ3) is 9.94. The van der Waals surface area contributed by atoms with Gasteiger partial charge in [0.05, 0.1) is 0 Å². The molecule has 23 heavy (non-hydrogen) atoms. The molecule has 0 amide bonds. The van der Waals surface area contributed by atoms with E-state index in [-0.39, 0.29) is 0 Å². The van der Waals surface area contributed by atoms with E-state index in [0.717, 1.165) is 0 Å². The molecule has 1 aromatic carbocycles. The quantitative estimate of drug-likeness (QED) is 0.290. The summed E-state index contributed by atoms with van der Waals surface area (Å²) >= 11 is 0. The van der Waals surface area contributed by atoms with Crippen molar-refractivity contribution >= 4 is 6.08 Å². The molecule has 0 saturated heterocycles. The third-order valence-corrected chi connectivity index (χ3v) is 4.09. The van der Waals surface area contributed by atoms with Crippen LogP contribution in [0.25, 0.3) is 6.08 Å². The maximum Gasteiger partial charge on any atom is -0.0219 e. The second kappa shape index (κ2) is 12.9. The molecular formula is C23H34. The van der Waals surface area contributed by atoms with Crippen molar-refractivity contribution in [3.8, 4) is 0 Å². The molecule has 0 saturated carbocycles. The molecule has 0 N–H and O–H groups in total. The molecule has 0 aromatic heterocycles. The average Bonchev–Trinajstić information content (AvgIpc) is 2.56. The van der Waals surface area contributed by atoms with Crippen LogP contribution < -0.4 is 0 Å². The minimum Gasteiger partial charge on any atom is -0.0845 e. The second-order valence-electron chi connectivity index (χ2n) is 6.55. The normalized spacial score (nSPS) is 12.3. The number of hydrogen-bond acceptors (Lipinski definition) is 0. The van der Waals surface area contributed by atoms with Crippen molar-refractivity contribution in [2.45, 2.75) is 71.6 Å². The van der Waals surface area contributed by atoms with Gasteiger partial charge in [0.15, 0.2) is 0 Å². The molecule has 1 aromatic rings. The second-order valence-corrected chi connectivity index (χ2v) is 6.55. The fourth-order valence-corrected chi connectivity index (χ4v) is 2.50. The summed E-state index contributed by atoms with van der Waals surface area (Å²) in [7, 11) is 0. The van der Waals surface area contributed by atoms with E-state index in [0.29, 0.717) is 5.92 Å². The third-order valence-electron chi connectivity index (χ3n) is 4.09. The number of benzene rings is 1. The standard InChI is InChI=1S/C23H34/c1-4-5-6-7-8-9-10-11-12-13-14-15-16-22-17-19-23(20-18-22)21(2)3/h11-21H,4-10H2,1-3H3/b12-11+,14-13+,16-15+. The van der Waals surface area contributed by atoms with Crippen LogP contribution in [0.5, 0.6) is 0 Å². The average molecular weight is 311 g/mol. The number of hydrogen-bond donors (Lipinski definition) is 0. The summed E-state index contributed by atoms with van der Waals surface area (Å²) in [6.07, 6.45) is 22.4. The first-order valence-electron chi connectivity index (χ1n) is 9.34. The maximum atomic E-state index is 2.28. The molecule has 126 valence electrons. The Hall–Kier alpha value is -1.56. The maximum absolute atomic E-state index is 2.28. The van der Waals surface area contributed by atoms with Crippen LogP contribution in [-0.4, -0.2) is 0 Å². The van der Waals surface area contributed by atoms with Crippen molar-refractivity contribution in [3.63, 3.8) is 0 Å². The molecule has 0 aliphatic carbocycles. The first-order chi connectivity index (χ1) is 11.2. The molecule has 0 heteroatoms.